The van der Waals surface area contributed by atoms with E-state index in [-0.39, 0.29) is 11.9 Å². The van der Waals surface area contributed by atoms with Crippen LogP contribution in [-0.2, 0) is 13.0 Å². The van der Waals surface area contributed by atoms with Gasteiger partial charge >= 0.3 is 0 Å². The van der Waals surface area contributed by atoms with Gasteiger partial charge in [0.1, 0.15) is 5.82 Å². The van der Waals surface area contributed by atoms with Crippen LogP contribution < -0.4 is 5.32 Å². The molecule has 1 aromatic heterocycles. The van der Waals surface area contributed by atoms with Crippen molar-refractivity contribution in [3.63, 3.8) is 0 Å². The Morgan fingerprint density at radius 2 is 2.00 bits per heavy atom. The first-order valence-electron chi connectivity index (χ1n) is 9.16. The quantitative estimate of drug-likeness (QED) is 0.775. The maximum atomic E-state index is 12.7. The van der Waals surface area contributed by atoms with E-state index in [9.17, 15) is 4.79 Å². The summed E-state index contributed by atoms with van der Waals surface area (Å²) in [7, 11) is 0. The van der Waals surface area contributed by atoms with Gasteiger partial charge in [0.2, 0.25) is 0 Å². The fourth-order valence-electron chi connectivity index (χ4n) is 3.67. The monoisotopic (exact) mass is 345 g/mol. The molecule has 4 rings (SSSR count). The molecule has 0 spiro atoms. The van der Waals surface area contributed by atoms with Crippen molar-refractivity contribution in [1.82, 2.24) is 14.9 Å². The smallest absolute Gasteiger partial charge is 0.251 e. The van der Waals surface area contributed by atoms with Crippen LogP contribution in [0.15, 0.2) is 60.9 Å². The van der Waals surface area contributed by atoms with Crippen molar-refractivity contribution in [2.24, 2.45) is 0 Å². The molecule has 1 amide bonds. The largest absolute Gasteiger partial charge is 0.345 e. The van der Waals surface area contributed by atoms with Crippen molar-refractivity contribution in [2.75, 3.05) is 0 Å². The lowest BCUT2D eigenvalue weighted by Gasteiger charge is -2.26. The first kappa shape index (κ1) is 16.6. The fraction of sp³-hybridized carbons (Fsp3) is 0.273. The molecule has 1 aliphatic carbocycles. The van der Waals surface area contributed by atoms with E-state index in [0.29, 0.717) is 5.56 Å². The number of nitrogens with one attached hydrogen (secondary N) is 1. The number of carbonyl (C=O) groups excluding carboxylic acids is 1. The molecule has 26 heavy (non-hydrogen) atoms. The van der Waals surface area contributed by atoms with Gasteiger partial charge in [-0.05, 0) is 55.0 Å². The molecule has 132 valence electrons. The number of hydrogen-bond donors (Lipinski definition) is 1. The average molecular weight is 345 g/mol. The molecule has 0 bridgehead atoms. The Balaban J connectivity index is 1.45. The van der Waals surface area contributed by atoms with Crippen molar-refractivity contribution in [1.29, 1.82) is 0 Å². The van der Waals surface area contributed by atoms with E-state index in [0.717, 1.165) is 37.2 Å². The summed E-state index contributed by atoms with van der Waals surface area (Å²) in [6.07, 6.45) is 6.99. The van der Waals surface area contributed by atoms with Crippen molar-refractivity contribution in [2.45, 2.75) is 38.8 Å². The molecule has 0 fully saturated rings. The van der Waals surface area contributed by atoms with Crippen LogP contribution in [0, 0.1) is 6.92 Å². The van der Waals surface area contributed by atoms with Gasteiger partial charge < -0.3 is 9.88 Å². The molecule has 3 aromatic rings. The molecule has 0 saturated heterocycles. The van der Waals surface area contributed by atoms with Crippen LogP contribution in [0.1, 0.15) is 51.8 Å². The minimum atomic E-state index is -0.00272. The maximum Gasteiger partial charge on any atom is 0.251 e. The molecule has 1 N–H and O–H groups in total. The third-order valence-corrected chi connectivity index (χ3v) is 5.17. The molecule has 4 nitrogen and oxygen atoms in total. The van der Waals surface area contributed by atoms with Crippen LogP contribution in [0.5, 0.6) is 0 Å². The molecular weight excluding hydrogens is 322 g/mol. The number of amides is 1. The number of aromatic nitrogens is 2. The van der Waals surface area contributed by atoms with E-state index < -0.39 is 0 Å². The summed E-state index contributed by atoms with van der Waals surface area (Å²) in [5.74, 6) is 0.986. The van der Waals surface area contributed by atoms with Crippen molar-refractivity contribution >= 4 is 5.91 Å². The topological polar surface area (TPSA) is 46.9 Å². The van der Waals surface area contributed by atoms with Crippen LogP contribution in [-0.4, -0.2) is 15.5 Å². The van der Waals surface area contributed by atoms with Gasteiger partial charge in [-0.3, -0.25) is 4.79 Å². The Morgan fingerprint density at radius 1 is 1.19 bits per heavy atom. The third-order valence-electron chi connectivity index (χ3n) is 5.17. The number of benzene rings is 2. The second-order valence-electron chi connectivity index (χ2n) is 6.92. The lowest BCUT2D eigenvalue weighted by atomic mass is 9.87. The normalized spacial score (nSPS) is 16.1. The fourth-order valence-corrected chi connectivity index (χ4v) is 3.67. The summed E-state index contributed by atoms with van der Waals surface area (Å²) in [6, 6.07) is 16.4. The van der Waals surface area contributed by atoms with Gasteiger partial charge in [0.25, 0.3) is 5.91 Å². The van der Waals surface area contributed by atoms with Gasteiger partial charge in [-0.25, -0.2) is 4.98 Å². The minimum absolute atomic E-state index is 0.00272. The highest BCUT2D eigenvalue weighted by Gasteiger charge is 2.21. The minimum Gasteiger partial charge on any atom is -0.345 e. The number of aryl methyl sites for hydroxylation is 2. The molecule has 1 heterocycles. The second-order valence-corrected chi connectivity index (χ2v) is 6.92. The lowest BCUT2D eigenvalue weighted by molar-refractivity contribution is 0.0932. The van der Waals surface area contributed by atoms with E-state index in [1.54, 1.807) is 6.20 Å². The standard InChI is InChI=1S/C22H23N3O/c1-16-23-13-14-25(16)15-17-9-11-19(12-10-17)22(26)24-21-8-4-6-18-5-2-3-7-20(18)21/h2-3,5,7,9-14,21H,4,6,8,15H2,1H3,(H,24,26). The van der Waals surface area contributed by atoms with Crippen molar-refractivity contribution in [3.05, 3.63) is 89.0 Å². The second kappa shape index (κ2) is 7.16. The zero-order chi connectivity index (χ0) is 17.9. The zero-order valence-corrected chi connectivity index (χ0v) is 15.0. The highest BCUT2D eigenvalue weighted by Crippen LogP contribution is 2.29. The summed E-state index contributed by atoms with van der Waals surface area (Å²) in [4.78, 5) is 16.9. The molecule has 4 heteroatoms. The highest BCUT2D eigenvalue weighted by atomic mass is 16.1. The van der Waals surface area contributed by atoms with Crippen LogP contribution >= 0.6 is 0 Å². The van der Waals surface area contributed by atoms with E-state index in [1.165, 1.54) is 11.1 Å². The molecule has 1 atom stereocenters. The number of carbonyl (C=O) groups is 1. The van der Waals surface area contributed by atoms with Gasteiger partial charge in [-0.15, -0.1) is 0 Å². The van der Waals surface area contributed by atoms with E-state index >= 15 is 0 Å². The molecule has 0 radical (unpaired) electrons. The molecule has 1 unspecified atom stereocenters. The van der Waals surface area contributed by atoms with Gasteiger partial charge in [-0.2, -0.15) is 0 Å². The SMILES string of the molecule is Cc1nccn1Cc1ccc(C(=O)NC2CCCc3ccccc32)cc1. The van der Waals surface area contributed by atoms with Crippen molar-refractivity contribution < 1.29 is 4.79 Å². The zero-order valence-electron chi connectivity index (χ0n) is 15.0. The molecule has 0 aliphatic heterocycles. The Labute approximate surface area is 153 Å². The number of nitrogens with zero attached hydrogens (tertiary/aromatic N) is 2. The first-order chi connectivity index (χ1) is 12.7. The van der Waals surface area contributed by atoms with Crippen LogP contribution in [0.25, 0.3) is 0 Å². The lowest BCUT2D eigenvalue weighted by Crippen LogP contribution is -2.30. The first-order valence-corrected chi connectivity index (χ1v) is 9.16. The maximum absolute atomic E-state index is 12.7. The summed E-state index contributed by atoms with van der Waals surface area (Å²) in [5.41, 5.74) is 4.49. The summed E-state index contributed by atoms with van der Waals surface area (Å²) in [5, 5.41) is 3.21. The summed E-state index contributed by atoms with van der Waals surface area (Å²) < 4.78 is 2.09. The number of rotatable bonds is 4. The molecular formula is C22H23N3O. The summed E-state index contributed by atoms with van der Waals surface area (Å²) >= 11 is 0. The van der Waals surface area contributed by atoms with E-state index in [2.05, 4.69) is 39.1 Å². The van der Waals surface area contributed by atoms with Gasteiger partial charge in [0.15, 0.2) is 0 Å². The van der Waals surface area contributed by atoms with Crippen molar-refractivity contribution in [3.8, 4) is 0 Å². The molecule has 1 aliphatic rings. The molecule has 2 aromatic carbocycles. The Hall–Kier alpha value is -2.88. The Bertz CT molecular complexity index is 911. The predicted octanol–water partition coefficient (Wildman–Crippen LogP) is 4.05. The Morgan fingerprint density at radius 3 is 2.77 bits per heavy atom. The highest BCUT2D eigenvalue weighted by molar-refractivity contribution is 5.94. The summed E-state index contributed by atoms with van der Waals surface area (Å²) in [6.45, 7) is 2.76. The van der Waals surface area contributed by atoms with Gasteiger partial charge in [-0.1, -0.05) is 36.4 Å². The van der Waals surface area contributed by atoms with Gasteiger partial charge in [0.05, 0.1) is 6.04 Å². The van der Waals surface area contributed by atoms with Crippen LogP contribution in [0.4, 0.5) is 0 Å². The van der Waals surface area contributed by atoms with Gasteiger partial charge in [0, 0.05) is 24.5 Å². The number of imidazole rings is 1. The predicted molar refractivity (Wildman–Crippen MR) is 102 cm³/mol. The number of fused-ring (bicyclic) bond motifs is 1. The number of hydrogen-bond acceptors (Lipinski definition) is 2. The van der Waals surface area contributed by atoms with Crippen LogP contribution in [0.2, 0.25) is 0 Å². The molecule has 0 saturated carbocycles. The van der Waals surface area contributed by atoms with E-state index in [1.807, 2.05) is 37.4 Å². The van der Waals surface area contributed by atoms with Crippen LogP contribution in [0.3, 0.4) is 0 Å². The third kappa shape index (κ3) is 3.40. The van der Waals surface area contributed by atoms with E-state index in [4.69, 9.17) is 0 Å². The average Bonchev–Trinajstić information content (AvgIpc) is 3.07. The Kier molecular flexibility index (Phi) is 4.57.